The number of nitrogens with zero attached hydrogens (tertiary/aromatic N) is 4. The van der Waals surface area contributed by atoms with Crippen molar-refractivity contribution in [1.82, 2.24) is 0 Å². The number of fused-ring (bicyclic) bond motifs is 4. The van der Waals surface area contributed by atoms with Gasteiger partial charge in [0, 0.05) is 111 Å². The predicted molar refractivity (Wildman–Crippen MR) is 504 cm³/mol. The molecular formula is C90H106BClN4O30S8. The van der Waals surface area contributed by atoms with E-state index in [9.17, 15) is 61.5 Å². The van der Waals surface area contributed by atoms with E-state index in [2.05, 4.69) is 176 Å². The normalized spacial score (nSPS) is 17.2. The van der Waals surface area contributed by atoms with Gasteiger partial charge in [-0.15, -0.1) is 50.5 Å². The Morgan fingerprint density at radius 3 is 1.13 bits per heavy atom. The quantitative estimate of drug-likeness (QED) is 0.0100. The van der Waals surface area contributed by atoms with Gasteiger partial charge < -0.3 is 38.4 Å². The minimum atomic E-state index is -4.29. The lowest BCUT2D eigenvalue weighted by Gasteiger charge is -2.28. The molecule has 0 spiro atoms. The zero-order valence-electron chi connectivity index (χ0n) is 74.6. The molecule has 12 rings (SSSR count). The summed E-state index contributed by atoms with van der Waals surface area (Å²) in [6, 6.07) is 46.5. The second-order valence-corrected chi connectivity index (χ2v) is 41.4. The van der Waals surface area contributed by atoms with E-state index in [1.54, 1.807) is 12.1 Å². The van der Waals surface area contributed by atoms with Crippen molar-refractivity contribution in [2.45, 2.75) is 167 Å². The van der Waals surface area contributed by atoms with Gasteiger partial charge in [0.05, 0.1) is 42.6 Å². The van der Waals surface area contributed by atoms with Crippen molar-refractivity contribution >= 4 is 160 Å². The Kier molecular flexibility index (Phi) is 42.6. The third kappa shape index (κ3) is 34.1. The maximum Gasteiger partial charge on any atom is 0.488 e. The van der Waals surface area contributed by atoms with Gasteiger partial charge in [-0.05, 0) is 203 Å². The number of para-hydroxylation sites is 4. The molecular weight excluding hydrogens is 1920 g/mol. The summed E-state index contributed by atoms with van der Waals surface area (Å²) in [7, 11) is -30.5. The van der Waals surface area contributed by atoms with Gasteiger partial charge in [-0.1, -0.05) is 161 Å². The molecule has 34 nitrogen and oxygen atoms in total. The molecule has 6 aliphatic rings. The van der Waals surface area contributed by atoms with Crippen LogP contribution >= 0.6 is 11.6 Å². The molecule has 0 fully saturated rings. The standard InChI is InChI=1S/C45H52N2O8S2.C38H47ClN2O6S2.C7H7BO4.4O3S/c1-44(2)37-16-5-7-18-39(37)46(28-9-11-30-56(49,50)51)41(44)26-22-33-14-13-15-34(43(33)35-20-24-36(25-21-35)55-32-48)23-27-42-45(3,4)38-17-6-8-19-40(38)47(42)29-10-12-31-57(52,53)54;1-37(2)30-16-5-7-18-32(30)40(24-9-11-26-48(42,43)44)34(37)22-20-28-14-13-15-29(36(28)39)21-23-35-38(3,4)31-17-6-8-19-33(31)41(35)25-10-12-27-49(45,46)47;9-5-12-7-3-1-6(2-4-7)8(10)11;4*1-4(2)3/h5-8,16-27,32H,9-15,28-31H2,1-4H3,(H-,49,50,51,52,53,54);5-8,16-23H,9-15,24-27H2,1-4H3,(H-,42,43,44,45,46,47);1-5,10-11H;;;;. The lowest BCUT2D eigenvalue weighted by molar-refractivity contribution is -0.438. The van der Waals surface area contributed by atoms with Gasteiger partial charge in [-0.25, -0.2) is 16.8 Å². The Bertz CT molecular complexity index is 6460. The Labute approximate surface area is 792 Å². The minimum Gasteiger partial charge on any atom is -0.748 e. The van der Waals surface area contributed by atoms with Gasteiger partial charge in [-0.3, -0.25) is 18.7 Å². The summed E-state index contributed by atoms with van der Waals surface area (Å²) in [4.78, 5) is 25.5. The number of halogens is 1. The van der Waals surface area contributed by atoms with Crippen molar-refractivity contribution in [3.8, 4) is 11.5 Å². The molecule has 0 unspecified atom stereocenters. The van der Waals surface area contributed by atoms with E-state index in [1.165, 1.54) is 46.5 Å². The summed E-state index contributed by atoms with van der Waals surface area (Å²) in [5, 5.41) is 18.1. The fourth-order valence-corrected chi connectivity index (χ4v) is 19.4. The third-order valence-corrected chi connectivity index (χ3v) is 26.4. The largest absolute Gasteiger partial charge is 0.748 e. The summed E-state index contributed by atoms with van der Waals surface area (Å²) in [6.45, 7) is 20.7. The lowest BCUT2D eigenvalue weighted by Crippen LogP contribution is -2.29. The number of carbonyl (C=O) groups excluding carboxylic acids is 2. The van der Waals surface area contributed by atoms with Crippen LogP contribution in [-0.2, 0) is 114 Å². The molecule has 4 N–H and O–H groups in total. The molecule has 4 heterocycles. The molecule has 0 atom stereocenters. The third-order valence-electron chi connectivity index (χ3n) is 22.8. The molecule has 0 radical (unpaired) electrons. The highest BCUT2D eigenvalue weighted by molar-refractivity contribution is 7.86. The molecule has 44 heteroatoms. The van der Waals surface area contributed by atoms with Crippen molar-refractivity contribution in [1.29, 1.82) is 0 Å². The number of anilines is 2. The molecule has 0 saturated carbocycles. The average molecular weight is 2030 g/mol. The van der Waals surface area contributed by atoms with Gasteiger partial charge in [0.2, 0.25) is 11.4 Å². The molecule has 134 heavy (non-hydrogen) atoms. The number of hydrogen-bond acceptors (Lipinski definition) is 30. The van der Waals surface area contributed by atoms with E-state index in [1.807, 2.05) is 60.7 Å². The molecule has 0 saturated heterocycles. The van der Waals surface area contributed by atoms with Crippen LogP contribution in [0.15, 0.2) is 233 Å². The molecule has 724 valence electrons. The van der Waals surface area contributed by atoms with Gasteiger partial charge in [-0.2, -0.15) is 26.0 Å². The number of allylic oxidation sites excluding steroid dienone is 16. The topological polar surface area (TPSA) is 534 Å². The van der Waals surface area contributed by atoms with Crippen molar-refractivity contribution in [2.24, 2.45) is 0 Å². The van der Waals surface area contributed by atoms with Crippen LogP contribution in [0.3, 0.4) is 0 Å². The fraction of sp³-hybridized carbons (Fsp3) is 0.378. The van der Waals surface area contributed by atoms with Crippen LogP contribution in [-0.4, -0.2) is 202 Å². The average Bonchev–Trinajstić information content (AvgIpc) is 1.61. The van der Waals surface area contributed by atoms with Crippen LogP contribution in [0.25, 0.3) is 5.57 Å². The van der Waals surface area contributed by atoms with E-state index in [-0.39, 0.29) is 51.1 Å². The first-order chi connectivity index (χ1) is 62.7. The molecule has 6 aromatic rings. The summed E-state index contributed by atoms with van der Waals surface area (Å²) in [6.07, 6.45) is 26.3. The first-order valence-corrected chi connectivity index (χ1v) is 52.6. The van der Waals surface area contributed by atoms with Crippen molar-refractivity contribution in [3.63, 3.8) is 0 Å². The van der Waals surface area contributed by atoms with Crippen molar-refractivity contribution in [3.05, 3.63) is 261 Å². The molecule has 6 aromatic carbocycles. The highest BCUT2D eigenvalue weighted by Gasteiger charge is 2.47. The van der Waals surface area contributed by atoms with E-state index in [0.29, 0.717) is 101 Å². The highest BCUT2D eigenvalue weighted by atomic mass is 35.5. The highest BCUT2D eigenvalue weighted by Crippen LogP contribution is 2.51. The van der Waals surface area contributed by atoms with E-state index < -0.39 is 90.0 Å². The molecule has 0 amide bonds. The van der Waals surface area contributed by atoms with Crippen LogP contribution < -0.4 is 24.7 Å². The number of ether oxygens (including phenoxy) is 2. The van der Waals surface area contributed by atoms with Crippen LogP contribution in [0, 0.1) is 0 Å². The van der Waals surface area contributed by atoms with Gasteiger partial charge in [0.25, 0.3) is 33.2 Å². The van der Waals surface area contributed by atoms with Crippen molar-refractivity contribution in [2.75, 3.05) is 59.0 Å². The Hall–Kier alpha value is -10.5. The second kappa shape index (κ2) is 50.9. The zero-order valence-corrected chi connectivity index (χ0v) is 81.9. The first-order valence-electron chi connectivity index (χ1n) is 41.8. The van der Waals surface area contributed by atoms with E-state index in [4.69, 9.17) is 76.9 Å². The summed E-state index contributed by atoms with van der Waals surface area (Å²) >= 11 is 7.13. The SMILES string of the molecule is CC1(C)C(=CC=C2CCCC(C=CC3=[N+](CCCCS(=O)(=O)O)c4ccccc4C3(C)C)=C2Cl)N(CCCCS(=O)(=O)[O-])c2ccccc21.CC1(C)C(=CC=C2CCCC(C=CC3=[N+](CCCCS(=O)(=O)O)c4ccccc4C3(C)C)=C2c2ccc(OC=O)cc2)N(CCCCS(=O)(=O)[O-])c2ccccc21.O=COc1ccc(B(O)O)cc1.O=S(=O)=O.O=S(=O)=O.O=S(=O)=O.O=S(=O)=O. The maximum absolute atomic E-state index is 11.5. The van der Waals surface area contributed by atoms with Crippen LogP contribution in [0.4, 0.5) is 22.7 Å². The molecule has 0 bridgehead atoms. The number of hydrogen-bond donors (Lipinski definition) is 4. The molecule has 2 aliphatic carbocycles. The summed E-state index contributed by atoms with van der Waals surface area (Å²) in [5.41, 5.74) is 19.2. The first kappa shape index (κ1) is 112. The summed E-state index contributed by atoms with van der Waals surface area (Å²) in [5.74, 6) is -0.454. The van der Waals surface area contributed by atoms with Crippen LogP contribution in [0.2, 0.25) is 0 Å². The summed E-state index contributed by atoms with van der Waals surface area (Å²) < 4.78 is 247. The number of benzene rings is 6. The van der Waals surface area contributed by atoms with Crippen molar-refractivity contribution < 1.29 is 141 Å². The number of unbranched alkanes of at least 4 members (excludes halogenated alkanes) is 4. The van der Waals surface area contributed by atoms with Crippen LogP contribution in [0.1, 0.15) is 173 Å². The van der Waals surface area contributed by atoms with E-state index >= 15 is 0 Å². The van der Waals surface area contributed by atoms with Crippen LogP contribution in [0.5, 0.6) is 11.5 Å². The molecule has 4 aliphatic heterocycles. The van der Waals surface area contributed by atoms with Gasteiger partial charge in [0.1, 0.15) is 24.6 Å². The van der Waals surface area contributed by atoms with Gasteiger partial charge in [0.15, 0.2) is 11.4 Å². The monoisotopic (exact) mass is 2020 g/mol. The number of rotatable bonds is 32. The van der Waals surface area contributed by atoms with E-state index in [0.717, 1.165) is 123 Å². The minimum absolute atomic E-state index is 0.252. The lowest BCUT2D eigenvalue weighted by atomic mass is 9.79. The van der Waals surface area contributed by atoms with Gasteiger partial charge >= 0.3 is 49.6 Å². The predicted octanol–water partition coefficient (Wildman–Crippen LogP) is 11.2. The zero-order chi connectivity index (χ0) is 99.9. The second-order valence-electron chi connectivity index (χ2n) is 33.2. The number of carbonyl (C=O) groups is 2. The fourth-order valence-electron chi connectivity index (χ4n) is 16.8. The Morgan fingerprint density at radius 2 is 0.754 bits per heavy atom. The Morgan fingerprint density at radius 1 is 0.418 bits per heavy atom. The maximum atomic E-state index is 11.5. The molecule has 0 aromatic heterocycles. The Balaban J connectivity index is 0.000000322. The smallest absolute Gasteiger partial charge is 0.488 e.